The molecule has 0 spiro atoms. The second-order valence-corrected chi connectivity index (χ2v) is 6.72. The van der Waals surface area contributed by atoms with Crippen molar-refractivity contribution in [2.45, 2.75) is 44.2 Å². The van der Waals surface area contributed by atoms with Crippen LogP contribution in [0.25, 0.3) is 10.7 Å². The van der Waals surface area contributed by atoms with Crippen molar-refractivity contribution in [2.24, 2.45) is 7.05 Å². The van der Waals surface area contributed by atoms with Gasteiger partial charge >= 0.3 is 0 Å². The van der Waals surface area contributed by atoms with Gasteiger partial charge in [-0.2, -0.15) is 5.10 Å². The molecule has 2 saturated carbocycles. The summed E-state index contributed by atoms with van der Waals surface area (Å²) in [7, 11) is 1.95. The molecule has 2 aliphatic carbocycles. The van der Waals surface area contributed by atoms with E-state index in [2.05, 4.69) is 10.4 Å². The summed E-state index contributed by atoms with van der Waals surface area (Å²) in [5.41, 5.74) is 2.34. The van der Waals surface area contributed by atoms with Crippen LogP contribution in [0, 0.1) is 0 Å². The molecule has 0 saturated heterocycles. The normalized spacial score (nSPS) is 19.0. The molecule has 0 radical (unpaired) electrons. The Labute approximate surface area is 116 Å². The van der Waals surface area contributed by atoms with Gasteiger partial charge in [0.05, 0.1) is 5.69 Å². The van der Waals surface area contributed by atoms with Crippen molar-refractivity contribution < 1.29 is 0 Å². The molecule has 2 fully saturated rings. The van der Waals surface area contributed by atoms with Gasteiger partial charge in [-0.05, 0) is 31.7 Å². The Morgan fingerprint density at radius 1 is 1.37 bits per heavy atom. The van der Waals surface area contributed by atoms with Crippen LogP contribution in [0.1, 0.15) is 42.2 Å². The van der Waals surface area contributed by atoms with Crippen molar-refractivity contribution >= 4 is 11.3 Å². The Bertz CT molecular complexity index is 592. The van der Waals surface area contributed by atoms with Crippen molar-refractivity contribution in [3.8, 4) is 10.7 Å². The highest BCUT2D eigenvalue weighted by molar-refractivity contribution is 7.15. The Morgan fingerprint density at radius 2 is 2.21 bits per heavy atom. The number of nitrogens with one attached hydrogen (secondary N) is 1. The van der Waals surface area contributed by atoms with Crippen molar-refractivity contribution in [1.82, 2.24) is 20.1 Å². The lowest BCUT2D eigenvalue weighted by molar-refractivity contribution is 0.688. The van der Waals surface area contributed by atoms with E-state index in [0.717, 1.165) is 23.3 Å². The Kier molecular flexibility index (Phi) is 2.70. The maximum Gasteiger partial charge on any atom is 0.144 e. The molecule has 0 aliphatic heterocycles. The minimum atomic E-state index is 0.713. The molecule has 0 bridgehead atoms. The highest BCUT2D eigenvalue weighted by Crippen LogP contribution is 2.44. The van der Waals surface area contributed by atoms with E-state index in [0.29, 0.717) is 5.92 Å². The first-order valence-electron chi connectivity index (χ1n) is 7.02. The quantitative estimate of drug-likeness (QED) is 0.911. The number of thiazole rings is 1. The van der Waals surface area contributed by atoms with E-state index in [-0.39, 0.29) is 0 Å². The second-order valence-electron chi connectivity index (χ2n) is 5.63. The number of aromatic nitrogens is 3. The number of nitrogens with zero attached hydrogens (tertiary/aromatic N) is 3. The monoisotopic (exact) mass is 274 g/mol. The van der Waals surface area contributed by atoms with E-state index in [1.165, 1.54) is 36.3 Å². The van der Waals surface area contributed by atoms with E-state index >= 15 is 0 Å². The minimum Gasteiger partial charge on any atom is -0.309 e. The summed E-state index contributed by atoms with van der Waals surface area (Å²) in [4.78, 5) is 6.28. The molecule has 100 valence electrons. The van der Waals surface area contributed by atoms with Gasteiger partial charge in [0.25, 0.3) is 0 Å². The minimum absolute atomic E-state index is 0.713. The first-order chi connectivity index (χ1) is 9.29. The van der Waals surface area contributed by atoms with Crippen LogP contribution < -0.4 is 5.32 Å². The number of aryl methyl sites for hydroxylation is 1. The fourth-order valence-electron chi connectivity index (χ4n) is 2.33. The van der Waals surface area contributed by atoms with Gasteiger partial charge in [0.2, 0.25) is 0 Å². The van der Waals surface area contributed by atoms with Gasteiger partial charge in [-0.15, -0.1) is 11.3 Å². The van der Waals surface area contributed by atoms with Crippen LogP contribution in [0.3, 0.4) is 0 Å². The highest BCUT2D eigenvalue weighted by Gasteiger charge is 2.30. The molecule has 5 heteroatoms. The van der Waals surface area contributed by atoms with E-state index in [4.69, 9.17) is 4.98 Å². The topological polar surface area (TPSA) is 42.7 Å². The maximum absolute atomic E-state index is 4.86. The van der Waals surface area contributed by atoms with E-state index in [9.17, 15) is 0 Å². The number of hydrogen-bond acceptors (Lipinski definition) is 4. The molecule has 4 nitrogen and oxygen atoms in total. The summed E-state index contributed by atoms with van der Waals surface area (Å²) < 4.78 is 1.84. The first kappa shape index (κ1) is 11.6. The molecule has 2 heterocycles. The fourth-order valence-corrected chi connectivity index (χ4v) is 3.39. The maximum atomic E-state index is 4.86. The van der Waals surface area contributed by atoms with Crippen LogP contribution >= 0.6 is 11.3 Å². The van der Waals surface area contributed by atoms with Gasteiger partial charge in [0, 0.05) is 36.6 Å². The second kappa shape index (κ2) is 4.42. The van der Waals surface area contributed by atoms with Crippen molar-refractivity contribution in [1.29, 1.82) is 0 Å². The third-order valence-electron chi connectivity index (χ3n) is 3.75. The molecule has 0 amide bonds. The van der Waals surface area contributed by atoms with Crippen LogP contribution in [-0.4, -0.2) is 20.8 Å². The molecule has 4 rings (SSSR count). The van der Waals surface area contributed by atoms with E-state index in [1.54, 1.807) is 0 Å². The Hall–Kier alpha value is -1.20. The van der Waals surface area contributed by atoms with Crippen LogP contribution in [-0.2, 0) is 13.6 Å². The average Bonchev–Trinajstić information content (AvgIpc) is 3.32. The van der Waals surface area contributed by atoms with Gasteiger partial charge in [0.15, 0.2) is 0 Å². The van der Waals surface area contributed by atoms with Crippen LogP contribution in [0.4, 0.5) is 0 Å². The summed E-state index contributed by atoms with van der Waals surface area (Å²) in [6.07, 6.45) is 7.27. The van der Waals surface area contributed by atoms with Crippen molar-refractivity contribution in [2.75, 3.05) is 0 Å². The Balaban J connectivity index is 1.62. The van der Waals surface area contributed by atoms with Gasteiger partial charge in [0.1, 0.15) is 10.7 Å². The molecule has 0 atom stereocenters. The lowest BCUT2D eigenvalue weighted by Gasteiger charge is -2.01. The highest BCUT2D eigenvalue weighted by atomic mass is 32.1. The summed E-state index contributed by atoms with van der Waals surface area (Å²) in [5, 5.41) is 9.16. The number of hydrogen-bond donors (Lipinski definition) is 1. The summed E-state index contributed by atoms with van der Waals surface area (Å²) >= 11 is 1.81. The molecule has 1 N–H and O–H groups in total. The zero-order chi connectivity index (χ0) is 12.8. The first-order valence-corrected chi connectivity index (χ1v) is 7.84. The molecule has 19 heavy (non-hydrogen) atoms. The number of rotatable bonds is 5. The molecule has 2 aromatic rings. The zero-order valence-corrected chi connectivity index (χ0v) is 11.9. The molecular weight excluding hydrogens is 256 g/mol. The van der Waals surface area contributed by atoms with Crippen molar-refractivity contribution in [3.05, 3.63) is 22.8 Å². The van der Waals surface area contributed by atoms with Crippen LogP contribution in [0.5, 0.6) is 0 Å². The van der Waals surface area contributed by atoms with E-state index < -0.39 is 0 Å². The summed E-state index contributed by atoms with van der Waals surface area (Å²) in [6, 6.07) is 2.81. The standard InChI is InChI=1S/C14H18N4S/c1-18-7-6-11(17-18)14-16-13(9-2-3-9)12(19-14)8-15-10-4-5-10/h6-7,9-10,15H,2-5,8H2,1H3. The predicted molar refractivity (Wildman–Crippen MR) is 76.2 cm³/mol. The lowest BCUT2D eigenvalue weighted by atomic mass is 10.2. The third kappa shape index (κ3) is 2.44. The smallest absolute Gasteiger partial charge is 0.144 e. The van der Waals surface area contributed by atoms with Gasteiger partial charge in [-0.3, -0.25) is 4.68 Å². The SMILES string of the molecule is Cn1ccc(-c2nc(C3CC3)c(CNC3CC3)s2)n1. The Morgan fingerprint density at radius 3 is 2.84 bits per heavy atom. The molecule has 2 aromatic heterocycles. The fraction of sp³-hybridized carbons (Fsp3) is 0.571. The summed E-state index contributed by atoms with van der Waals surface area (Å²) in [5.74, 6) is 0.713. The van der Waals surface area contributed by atoms with Gasteiger partial charge < -0.3 is 5.32 Å². The van der Waals surface area contributed by atoms with Gasteiger partial charge in [-0.25, -0.2) is 4.98 Å². The van der Waals surface area contributed by atoms with Gasteiger partial charge in [-0.1, -0.05) is 0 Å². The molecule has 2 aliphatic rings. The van der Waals surface area contributed by atoms with Crippen molar-refractivity contribution in [3.63, 3.8) is 0 Å². The zero-order valence-electron chi connectivity index (χ0n) is 11.1. The summed E-state index contributed by atoms with van der Waals surface area (Å²) in [6.45, 7) is 0.987. The van der Waals surface area contributed by atoms with Crippen LogP contribution in [0.15, 0.2) is 12.3 Å². The molecule has 0 aromatic carbocycles. The molecular formula is C14H18N4S. The van der Waals surface area contributed by atoms with Crippen LogP contribution in [0.2, 0.25) is 0 Å². The third-order valence-corrected chi connectivity index (χ3v) is 4.85. The predicted octanol–water partition coefficient (Wildman–Crippen LogP) is 2.67. The lowest BCUT2D eigenvalue weighted by Crippen LogP contribution is -2.15. The van der Waals surface area contributed by atoms with E-state index in [1.807, 2.05) is 35.3 Å². The molecule has 0 unspecified atom stereocenters. The largest absolute Gasteiger partial charge is 0.309 e. The average molecular weight is 274 g/mol.